The van der Waals surface area contributed by atoms with Gasteiger partial charge in [-0.1, -0.05) is 37.1 Å². The van der Waals surface area contributed by atoms with E-state index in [1.165, 1.54) is 12.1 Å². The van der Waals surface area contributed by atoms with Gasteiger partial charge in [-0.2, -0.15) is 13.2 Å². The molecule has 0 saturated heterocycles. The largest absolute Gasteiger partial charge is 0.457 e. The molecule has 0 saturated carbocycles. The van der Waals surface area contributed by atoms with Gasteiger partial charge >= 0.3 is 6.18 Å². The molecule has 0 amide bonds. The van der Waals surface area contributed by atoms with E-state index in [4.69, 9.17) is 16.3 Å². The van der Waals surface area contributed by atoms with E-state index >= 15 is 0 Å². The van der Waals surface area contributed by atoms with E-state index in [1.807, 2.05) is 12.1 Å². The summed E-state index contributed by atoms with van der Waals surface area (Å²) in [5.41, 5.74) is 0.265. The average molecular weight is 315 g/mol. The van der Waals surface area contributed by atoms with Crippen molar-refractivity contribution < 1.29 is 17.9 Å². The van der Waals surface area contributed by atoms with Crippen molar-refractivity contribution >= 4 is 11.6 Å². The quantitative estimate of drug-likeness (QED) is 0.662. The second-order valence-electron chi connectivity index (χ2n) is 4.64. The number of ether oxygens (including phenoxy) is 1. The first-order chi connectivity index (χ1) is 9.90. The molecule has 0 fully saturated rings. The first kappa shape index (κ1) is 15.7. The predicted octanol–water partition coefficient (Wildman–Crippen LogP) is 6.10. The molecular weight excluding hydrogens is 301 g/mol. The molecule has 2 aromatic carbocycles. The molecule has 5 heteroatoms. The molecular formula is C16H14ClF3O. The van der Waals surface area contributed by atoms with Crippen molar-refractivity contribution in [1.29, 1.82) is 0 Å². The minimum absolute atomic E-state index is 0.106. The van der Waals surface area contributed by atoms with Gasteiger partial charge in [0.2, 0.25) is 0 Å². The van der Waals surface area contributed by atoms with Gasteiger partial charge in [-0.15, -0.1) is 0 Å². The standard InChI is InChI=1S/C16H14ClF3O/c1-2-3-11-4-6-12(7-5-11)21-13-8-9-15(17)14(10-13)16(18,19)20/h4-10H,2-3H2,1H3. The molecule has 2 rings (SSSR count). The summed E-state index contributed by atoms with van der Waals surface area (Å²) in [6, 6.07) is 10.8. The Balaban J connectivity index is 2.20. The summed E-state index contributed by atoms with van der Waals surface area (Å²) in [6.07, 6.45) is -2.51. The van der Waals surface area contributed by atoms with Gasteiger partial charge in [-0.05, 0) is 42.3 Å². The maximum atomic E-state index is 12.8. The summed E-state index contributed by atoms with van der Waals surface area (Å²) in [5.74, 6) is 0.597. The van der Waals surface area contributed by atoms with Crippen molar-refractivity contribution in [2.45, 2.75) is 25.9 Å². The lowest BCUT2D eigenvalue weighted by atomic mass is 10.1. The van der Waals surface area contributed by atoms with Crippen LogP contribution in [0.2, 0.25) is 5.02 Å². The number of rotatable bonds is 4. The van der Waals surface area contributed by atoms with Crippen molar-refractivity contribution in [1.82, 2.24) is 0 Å². The Labute approximate surface area is 126 Å². The van der Waals surface area contributed by atoms with Crippen molar-refractivity contribution in [3.8, 4) is 11.5 Å². The minimum atomic E-state index is -4.50. The maximum Gasteiger partial charge on any atom is 0.417 e. The zero-order chi connectivity index (χ0) is 15.5. The van der Waals surface area contributed by atoms with E-state index in [1.54, 1.807) is 12.1 Å². The zero-order valence-electron chi connectivity index (χ0n) is 11.4. The van der Waals surface area contributed by atoms with Gasteiger partial charge in [0.05, 0.1) is 10.6 Å². The van der Waals surface area contributed by atoms with E-state index in [-0.39, 0.29) is 10.8 Å². The molecule has 0 N–H and O–H groups in total. The van der Waals surface area contributed by atoms with Crippen LogP contribution in [0.25, 0.3) is 0 Å². The lowest BCUT2D eigenvalue weighted by molar-refractivity contribution is -0.137. The Morgan fingerprint density at radius 3 is 2.19 bits per heavy atom. The second kappa shape index (κ2) is 6.39. The Hall–Kier alpha value is -1.68. The lowest BCUT2D eigenvalue weighted by Crippen LogP contribution is -2.05. The summed E-state index contributed by atoms with van der Waals surface area (Å²) in [7, 11) is 0. The smallest absolute Gasteiger partial charge is 0.417 e. The Morgan fingerprint density at radius 1 is 1.00 bits per heavy atom. The first-order valence-corrected chi connectivity index (χ1v) is 6.91. The third kappa shape index (κ3) is 4.14. The maximum absolute atomic E-state index is 12.8. The number of halogens is 4. The molecule has 0 heterocycles. The molecule has 1 nitrogen and oxygen atoms in total. The highest BCUT2D eigenvalue weighted by atomic mass is 35.5. The number of hydrogen-bond donors (Lipinski definition) is 0. The van der Waals surface area contributed by atoms with Crippen LogP contribution in [-0.4, -0.2) is 0 Å². The predicted molar refractivity (Wildman–Crippen MR) is 77.0 cm³/mol. The van der Waals surface area contributed by atoms with Crippen LogP contribution in [0.15, 0.2) is 42.5 Å². The van der Waals surface area contributed by atoms with Crippen LogP contribution >= 0.6 is 11.6 Å². The SMILES string of the molecule is CCCc1ccc(Oc2ccc(Cl)c(C(F)(F)F)c2)cc1. The van der Waals surface area contributed by atoms with Gasteiger partial charge in [0.25, 0.3) is 0 Å². The fraction of sp³-hybridized carbons (Fsp3) is 0.250. The number of aryl methyl sites for hydroxylation is 1. The number of alkyl halides is 3. The Morgan fingerprint density at radius 2 is 1.62 bits per heavy atom. The van der Waals surface area contributed by atoms with Crippen LogP contribution < -0.4 is 4.74 Å². The van der Waals surface area contributed by atoms with Gasteiger partial charge < -0.3 is 4.74 Å². The normalized spacial score (nSPS) is 11.5. The van der Waals surface area contributed by atoms with Crippen LogP contribution in [0.4, 0.5) is 13.2 Å². The molecule has 2 aromatic rings. The monoisotopic (exact) mass is 314 g/mol. The van der Waals surface area contributed by atoms with Crippen molar-refractivity contribution in [2.24, 2.45) is 0 Å². The van der Waals surface area contributed by atoms with Crippen LogP contribution in [0.3, 0.4) is 0 Å². The molecule has 0 radical (unpaired) electrons. The summed E-state index contributed by atoms with van der Waals surface area (Å²) < 4.78 is 43.7. The van der Waals surface area contributed by atoms with E-state index in [0.717, 1.165) is 24.5 Å². The Bertz CT molecular complexity index is 606. The van der Waals surface area contributed by atoms with Gasteiger partial charge in [0, 0.05) is 0 Å². The van der Waals surface area contributed by atoms with Gasteiger partial charge in [-0.25, -0.2) is 0 Å². The van der Waals surface area contributed by atoms with E-state index in [9.17, 15) is 13.2 Å². The van der Waals surface area contributed by atoms with Crippen LogP contribution in [0.1, 0.15) is 24.5 Å². The molecule has 112 valence electrons. The van der Waals surface area contributed by atoms with E-state index in [2.05, 4.69) is 6.92 Å². The number of benzene rings is 2. The van der Waals surface area contributed by atoms with Gasteiger partial charge in [-0.3, -0.25) is 0 Å². The fourth-order valence-corrected chi connectivity index (χ4v) is 2.16. The zero-order valence-corrected chi connectivity index (χ0v) is 12.1. The van der Waals surface area contributed by atoms with Gasteiger partial charge in [0.15, 0.2) is 0 Å². The van der Waals surface area contributed by atoms with Crippen LogP contribution in [0, 0.1) is 0 Å². The molecule has 0 aliphatic rings. The summed E-state index contributed by atoms with van der Waals surface area (Å²) >= 11 is 5.56. The van der Waals surface area contributed by atoms with Crippen LogP contribution in [0.5, 0.6) is 11.5 Å². The molecule has 0 bridgehead atoms. The highest BCUT2D eigenvalue weighted by molar-refractivity contribution is 6.31. The third-order valence-corrected chi connectivity index (χ3v) is 3.27. The minimum Gasteiger partial charge on any atom is -0.457 e. The van der Waals surface area contributed by atoms with Crippen molar-refractivity contribution in [2.75, 3.05) is 0 Å². The van der Waals surface area contributed by atoms with Crippen LogP contribution in [-0.2, 0) is 12.6 Å². The molecule has 0 aromatic heterocycles. The number of hydrogen-bond acceptors (Lipinski definition) is 1. The van der Waals surface area contributed by atoms with Crippen molar-refractivity contribution in [3.63, 3.8) is 0 Å². The summed E-state index contributed by atoms with van der Waals surface area (Å²) in [6.45, 7) is 2.08. The summed E-state index contributed by atoms with van der Waals surface area (Å²) in [4.78, 5) is 0. The molecule has 0 aliphatic heterocycles. The van der Waals surface area contributed by atoms with E-state index < -0.39 is 11.7 Å². The highest BCUT2D eigenvalue weighted by Crippen LogP contribution is 2.37. The second-order valence-corrected chi connectivity index (χ2v) is 5.04. The fourth-order valence-electron chi connectivity index (χ4n) is 1.93. The first-order valence-electron chi connectivity index (χ1n) is 6.53. The molecule has 0 atom stereocenters. The molecule has 0 aliphatic carbocycles. The average Bonchev–Trinajstić information content (AvgIpc) is 2.42. The molecule has 0 spiro atoms. The Kier molecular flexibility index (Phi) is 4.78. The molecule has 0 unspecified atom stereocenters. The van der Waals surface area contributed by atoms with Gasteiger partial charge in [0.1, 0.15) is 11.5 Å². The summed E-state index contributed by atoms with van der Waals surface area (Å²) in [5, 5.41) is -0.340. The topological polar surface area (TPSA) is 9.23 Å². The molecule has 21 heavy (non-hydrogen) atoms. The van der Waals surface area contributed by atoms with Crippen molar-refractivity contribution in [3.05, 3.63) is 58.6 Å². The lowest BCUT2D eigenvalue weighted by Gasteiger charge is -2.12. The third-order valence-electron chi connectivity index (χ3n) is 2.94. The van der Waals surface area contributed by atoms with E-state index in [0.29, 0.717) is 5.75 Å². The highest BCUT2D eigenvalue weighted by Gasteiger charge is 2.33.